The lowest BCUT2D eigenvalue weighted by Crippen LogP contribution is -2.36. The molecule has 1 aromatic carbocycles. The molecule has 24 heavy (non-hydrogen) atoms. The normalized spacial score (nSPS) is 13.9. The molecule has 0 saturated carbocycles. The highest BCUT2D eigenvalue weighted by Crippen LogP contribution is 2.23. The molecule has 3 rings (SSSR count). The predicted molar refractivity (Wildman–Crippen MR) is 102 cm³/mol. The number of hydrogen-bond donors (Lipinski definition) is 2. The average molecular weight is 343 g/mol. The Hall–Kier alpha value is -1.88. The summed E-state index contributed by atoms with van der Waals surface area (Å²) in [5.41, 5.74) is 5.43. The molecule has 2 aromatic rings. The Balaban J connectivity index is 1.64. The van der Waals surface area contributed by atoms with Crippen LogP contribution in [0.1, 0.15) is 45.6 Å². The number of benzene rings is 1. The second kappa shape index (κ2) is 7.79. The van der Waals surface area contributed by atoms with Gasteiger partial charge in [0.1, 0.15) is 0 Å². The maximum absolute atomic E-state index is 4.74. The molecule has 0 atom stereocenters. The van der Waals surface area contributed by atoms with E-state index < -0.39 is 0 Å². The molecule has 0 aliphatic heterocycles. The number of rotatable bonds is 5. The lowest BCUT2D eigenvalue weighted by molar-refractivity contribution is 0.818. The fraction of sp³-hybridized carbons (Fsp3) is 0.474. The number of guanidine groups is 1. The predicted octanol–water partition coefficient (Wildman–Crippen LogP) is 3.50. The molecule has 0 amide bonds. The van der Waals surface area contributed by atoms with Gasteiger partial charge < -0.3 is 10.6 Å². The van der Waals surface area contributed by atoms with Crippen molar-refractivity contribution >= 4 is 17.3 Å². The van der Waals surface area contributed by atoms with Gasteiger partial charge in [-0.1, -0.05) is 18.2 Å². The highest BCUT2D eigenvalue weighted by molar-refractivity contribution is 7.11. The van der Waals surface area contributed by atoms with Crippen molar-refractivity contribution in [3.63, 3.8) is 0 Å². The van der Waals surface area contributed by atoms with Crippen molar-refractivity contribution in [2.24, 2.45) is 4.99 Å². The molecular weight excluding hydrogens is 316 g/mol. The van der Waals surface area contributed by atoms with E-state index in [1.54, 1.807) is 11.3 Å². The summed E-state index contributed by atoms with van der Waals surface area (Å²) in [6.07, 6.45) is 3.74. The smallest absolute Gasteiger partial charge is 0.191 e. The summed E-state index contributed by atoms with van der Waals surface area (Å²) >= 11 is 1.75. The summed E-state index contributed by atoms with van der Waals surface area (Å²) < 4.78 is 0. The first-order valence-corrected chi connectivity index (χ1v) is 9.53. The molecule has 0 unspecified atom stereocenters. The molecule has 128 valence electrons. The zero-order chi connectivity index (χ0) is 16.9. The third-order valence-corrected chi connectivity index (χ3v) is 5.42. The summed E-state index contributed by atoms with van der Waals surface area (Å²) in [6.45, 7) is 8.55. The van der Waals surface area contributed by atoms with Crippen molar-refractivity contribution < 1.29 is 0 Å². The van der Waals surface area contributed by atoms with Gasteiger partial charge in [0.25, 0.3) is 0 Å². The van der Waals surface area contributed by atoms with Crippen LogP contribution in [0.3, 0.4) is 0 Å². The standard InChI is InChI=1S/C19H26N4S/c1-4-20-19(22-12-18-13(2)23-14(3)24-18)21-11-15-8-9-16-6-5-7-17(16)10-15/h8-10H,4-7,11-12H2,1-3H3,(H2,20,21,22). The number of aryl methyl sites for hydroxylation is 4. The monoisotopic (exact) mass is 342 g/mol. The van der Waals surface area contributed by atoms with Crippen molar-refractivity contribution in [2.75, 3.05) is 6.54 Å². The summed E-state index contributed by atoms with van der Waals surface area (Å²) in [5.74, 6) is 0.864. The fourth-order valence-electron chi connectivity index (χ4n) is 3.14. The minimum atomic E-state index is 0.712. The molecule has 0 fully saturated rings. The van der Waals surface area contributed by atoms with Crippen LogP contribution in [0, 0.1) is 13.8 Å². The van der Waals surface area contributed by atoms with Crippen molar-refractivity contribution in [1.29, 1.82) is 0 Å². The molecule has 0 saturated heterocycles. The molecule has 5 heteroatoms. The number of thiazole rings is 1. The van der Waals surface area contributed by atoms with Gasteiger partial charge in [-0.3, -0.25) is 0 Å². The quantitative estimate of drug-likeness (QED) is 0.646. The Morgan fingerprint density at radius 2 is 2.04 bits per heavy atom. The number of aromatic nitrogens is 1. The van der Waals surface area contributed by atoms with Crippen LogP contribution in [-0.2, 0) is 25.9 Å². The van der Waals surface area contributed by atoms with Crippen LogP contribution in [0.5, 0.6) is 0 Å². The maximum Gasteiger partial charge on any atom is 0.191 e. The van der Waals surface area contributed by atoms with Gasteiger partial charge in [0.05, 0.1) is 23.8 Å². The van der Waals surface area contributed by atoms with E-state index in [-0.39, 0.29) is 0 Å². The lowest BCUT2D eigenvalue weighted by atomic mass is 10.1. The topological polar surface area (TPSA) is 49.3 Å². The van der Waals surface area contributed by atoms with Gasteiger partial charge in [0.2, 0.25) is 0 Å². The lowest BCUT2D eigenvalue weighted by Gasteiger charge is -2.11. The third kappa shape index (κ3) is 4.15. The van der Waals surface area contributed by atoms with Crippen LogP contribution in [0.2, 0.25) is 0 Å². The zero-order valence-electron chi connectivity index (χ0n) is 14.8. The van der Waals surface area contributed by atoms with Gasteiger partial charge in [-0.25, -0.2) is 9.98 Å². The van der Waals surface area contributed by atoms with Gasteiger partial charge in [-0.15, -0.1) is 11.3 Å². The number of hydrogen-bond acceptors (Lipinski definition) is 3. The summed E-state index contributed by atoms with van der Waals surface area (Å²) in [5, 5.41) is 7.86. The second-order valence-electron chi connectivity index (χ2n) is 6.25. The summed E-state index contributed by atoms with van der Waals surface area (Å²) in [4.78, 5) is 10.5. The Labute approximate surface area is 148 Å². The molecule has 2 N–H and O–H groups in total. The number of nitrogens with zero attached hydrogens (tertiary/aromatic N) is 2. The van der Waals surface area contributed by atoms with Crippen LogP contribution < -0.4 is 10.6 Å². The highest BCUT2D eigenvalue weighted by atomic mass is 32.1. The van der Waals surface area contributed by atoms with Crippen molar-refractivity contribution in [3.8, 4) is 0 Å². The van der Waals surface area contributed by atoms with Crippen LogP contribution in [0.25, 0.3) is 0 Å². The first-order valence-electron chi connectivity index (χ1n) is 8.71. The van der Waals surface area contributed by atoms with Crippen LogP contribution >= 0.6 is 11.3 Å². The van der Waals surface area contributed by atoms with E-state index in [0.29, 0.717) is 6.54 Å². The molecule has 0 radical (unpaired) electrons. The largest absolute Gasteiger partial charge is 0.357 e. The highest BCUT2D eigenvalue weighted by Gasteiger charge is 2.10. The number of aliphatic imine (C=N–C) groups is 1. The summed E-state index contributed by atoms with van der Waals surface area (Å²) in [6, 6.07) is 6.82. The number of fused-ring (bicyclic) bond motifs is 1. The molecule has 1 heterocycles. The molecule has 1 aliphatic rings. The van der Waals surface area contributed by atoms with E-state index in [0.717, 1.165) is 29.8 Å². The molecule has 1 aliphatic carbocycles. The Kier molecular flexibility index (Phi) is 5.51. The van der Waals surface area contributed by atoms with Gasteiger partial charge >= 0.3 is 0 Å². The van der Waals surface area contributed by atoms with E-state index >= 15 is 0 Å². The fourth-order valence-corrected chi connectivity index (χ4v) is 4.01. The van der Waals surface area contributed by atoms with E-state index in [2.05, 4.69) is 47.7 Å². The molecule has 0 bridgehead atoms. The van der Waals surface area contributed by atoms with Gasteiger partial charge in [-0.2, -0.15) is 0 Å². The van der Waals surface area contributed by atoms with Crippen LogP contribution in [0.15, 0.2) is 23.2 Å². The molecule has 0 spiro atoms. The van der Waals surface area contributed by atoms with Gasteiger partial charge in [0, 0.05) is 11.4 Å². The van der Waals surface area contributed by atoms with Crippen molar-refractivity contribution in [2.45, 2.75) is 53.1 Å². The average Bonchev–Trinajstić information content (AvgIpc) is 3.15. The second-order valence-corrected chi connectivity index (χ2v) is 7.53. The molecule has 1 aromatic heterocycles. The minimum absolute atomic E-state index is 0.712. The van der Waals surface area contributed by atoms with Crippen molar-refractivity contribution in [1.82, 2.24) is 15.6 Å². The first kappa shape index (κ1) is 17.0. The van der Waals surface area contributed by atoms with Crippen molar-refractivity contribution in [3.05, 3.63) is 50.5 Å². The maximum atomic E-state index is 4.74. The van der Waals surface area contributed by atoms with E-state index in [1.165, 1.54) is 40.8 Å². The Morgan fingerprint density at radius 1 is 1.21 bits per heavy atom. The Bertz CT molecular complexity index is 733. The van der Waals surface area contributed by atoms with Gasteiger partial charge in [0.15, 0.2) is 5.96 Å². The van der Waals surface area contributed by atoms with E-state index in [9.17, 15) is 0 Å². The third-order valence-electron chi connectivity index (χ3n) is 4.34. The minimum Gasteiger partial charge on any atom is -0.357 e. The van der Waals surface area contributed by atoms with Crippen LogP contribution in [0.4, 0.5) is 0 Å². The SMILES string of the molecule is CCNC(=NCc1ccc2c(c1)CCC2)NCc1sc(C)nc1C. The van der Waals surface area contributed by atoms with Gasteiger partial charge in [-0.05, 0) is 56.7 Å². The molecular formula is C19H26N4S. The summed E-state index contributed by atoms with van der Waals surface area (Å²) in [7, 11) is 0. The van der Waals surface area contributed by atoms with E-state index in [4.69, 9.17) is 4.99 Å². The Morgan fingerprint density at radius 3 is 2.79 bits per heavy atom. The molecule has 4 nitrogen and oxygen atoms in total. The number of nitrogens with one attached hydrogen (secondary N) is 2. The zero-order valence-corrected chi connectivity index (χ0v) is 15.6. The van der Waals surface area contributed by atoms with E-state index in [1.807, 2.05) is 6.92 Å². The first-order chi connectivity index (χ1) is 11.7. The van der Waals surface area contributed by atoms with Crippen LogP contribution in [-0.4, -0.2) is 17.5 Å².